The SMILES string of the molecule is CN(/[N+]([O-])=N/OC1CCC(CO)CC1)C(C)(C)C. The number of hydrogen-bond acceptors (Lipinski definition) is 4. The smallest absolute Gasteiger partial charge is 0.233 e. The van der Waals surface area contributed by atoms with E-state index in [4.69, 9.17) is 9.94 Å². The first-order chi connectivity index (χ1) is 8.34. The highest BCUT2D eigenvalue weighted by molar-refractivity contribution is 4.71. The molecule has 1 rings (SSSR count). The van der Waals surface area contributed by atoms with Crippen molar-refractivity contribution in [3.63, 3.8) is 0 Å². The molecule has 18 heavy (non-hydrogen) atoms. The number of nitrogens with zero attached hydrogens (tertiary/aromatic N) is 3. The average molecular weight is 259 g/mol. The standard InChI is InChI=1S/C12H25N3O3/c1-12(2,3)14(4)15(17)13-18-11-7-5-10(9-16)6-8-11/h10-11,16H,5-9H2,1-4H3/b15-13-. The van der Waals surface area contributed by atoms with Crippen LogP contribution >= 0.6 is 0 Å². The molecule has 0 aliphatic heterocycles. The second kappa shape index (κ2) is 6.22. The quantitative estimate of drug-likeness (QED) is 0.476. The van der Waals surface area contributed by atoms with Gasteiger partial charge in [0, 0.05) is 6.61 Å². The predicted octanol–water partition coefficient (Wildman–Crippen LogP) is 2.08. The summed E-state index contributed by atoms with van der Waals surface area (Å²) in [6.45, 7) is 6.03. The first kappa shape index (κ1) is 15.0. The zero-order chi connectivity index (χ0) is 13.8. The number of hydrogen-bond donors (Lipinski definition) is 1. The van der Waals surface area contributed by atoms with Crippen molar-refractivity contribution >= 4 is 0 Å². The first-order valence-electron chi connectivity index (χ1n) is 6.53. The van der Waals surface area contributed by atoms with E-state index in [0.29, 0.717) is 10.9 Å². The molecule has 0 amide bonds. The summed E-state index contributed by atoms with van der Waals surface area (Å²) in [5.74, 6) is 0.380. The van der Waals surface area contributed by atoms with Crippen molar-refractivity contribution in [2.24, 2.45) is 11.2 Å². The third-order valence-corrected chi connectivity index (χ3v) is 3.55. The van der Waals surface area contributed by atoms with Gasteiger partial charge < -0.3 is 15.2 Å². The predicted molar refractivity (Wildman–Crippen MR) is 67.5 cm³/mol. The van der Waals surface area contributed by atoms with Crippen LogP contribution in [0.3, 0.4) is 0 Å². The topological polar surface area (TPSA) is 71.1 Å². The van der Waals surface area contributed by atoms with Crippen molar-refractivity contribution < 1.29 is 14.9 Å². The zero-order valence-corrected chi connectivity index (χ0v) is 11.8. The van der Waals surface area contributed by atoms with E-state index in [2.05, 4.69) is 5.28 Å². The minimum Gasteiger partial charge on any atom is -0.569 e. The van der Waals surface area contributed by atoms with Gasteiger partial charge in [-0.3, -0.25) is 0 Å². The molecule has 1 N–H and O–H groups in total. The van der Waals surface area contributed by atoms with Gasteiger partial charge in [0.05, 0.1) is 17.6 Å². The van der Waals surface area contributed by atoms with Gasteiger partial charge in [0.25, 0.3) is 0 Å². The summed E-state index contributed by atoms with van der Waals surface area (Å²) in [6, 6.07) is 0. The van der Waals surface area contributed by atoms with Crippen molar-refractivity contribution in [2.45, 2.75) is 58.1 Å². The highest BCUT2D eigenvalue weighted by Gasteiger charge is 2.26. The van der Waals surface area contributed by atoms with Crippen molar-refractivity contribution in [2.75, 3.05) is 13.7 Å². The second-order valence-electron chi connectivity index (χ2n) is 5.96. The Bertz CT molecular complexity index is 281. The fraction of sp³-hybridized carbons (Fsp3) is 1.00. The third kappa shape index (κ3) is 4.33. The average Bonchev–Trinajstić information content (AvgIpc) is 2.34. The van der Waals surface area contributed by atoms with Crippen LogP contribution < -0.4 is 0 Å². The molecular weight excluding hydrogens is 234 g/mol. The molecule has 0 saturated heterocycles. The molecule has 1 fully saturated rings. The fourth-order valence-corrected chi connectivity index (χ4v) is 1.84. The summed E-state index contributed by atoms with van der Waals surface area (Å²) in [5, 5.41) is 25.8. The van der Waals surface area contributed by atoms with Gasteiger partial charge in [0.2, 0.25) is 5.28 Å². The van der Waals surface area contributed by atoms with Gasteiger partial charge in [-0.05, 0) is 52.4 Å². The molecule has 0 spiro atoms. The lowest BCUT2D eigenvalue weighted by Gasteiger charge is -2.27. The van der Waals surface area contributed by atoms with Crippen molar-refractivity contribution in [3.8, 4) is 0 Å². The lowest BCUT2D eigenvalue weighted by molar-refractivity contribution is -0.720. The molecule has 106 valence electrons. The van der Waals surface area contributed by atoms with Crippen LogP contribution in [0.2, 0.25) is 0 Å². The van der Waals surface area contributed by atoms with Gasteiger partial charge >= 0.3 is 0 Å². The van der Waals surface area contributed by atoms with E-state index in [1.807, 2.05) is 20.8 Å². The van der Waals surface area contributed by atoms with Gasteiger partial charge in [0.15, 0.2) is 0 Å². The maximum Gasteiger partial charge on any atom is 0.233 e. The zero-order valence-electron chi connectivity index (χ0n) is 11.8. The van der Waals surface area contributed by atoms with Gasteiger partial charge in [-0.15, -0.1) is 5.01 Å². The maximum atomic E-state index is 11.7. The van der Waals surface area contributed by atoms with E-state index >= 15 is 0 Å². The van der Waals surface area contributed by atoms with Crippen LogP contribution in [0.25, 0.3) is 0 Å². The van der Waals surface area contributed by atoms with Gasteiger partial charge in [-0.2, -0.15) is 0 Å². The Kier molecular flexibility index (Phi) is 5.19. The summed E-state index contributed by atoms with van der Waals surface area (Å²) < 4.78 is 0. The van der Waals surface area contributed by atoms with E-state index < -0.39 is 0 Å². The van der Waals surface area contributed by atoms with Crippen LogP contribution in [0.1, 0.15) is 46.5 Å². The minimum absolute atomic E-state index is 0.00221. The normalized spacial score (nSPS) is 25.9. The molecule has 0 aromatic rings. The van der Waals surface area contributed by atoms with E-state index in [-0.39, 0.29) is 18.2 Å². The van der Waals surface area contributed by atoms with Gasteiger partial charge in [0.1, 0.15) is 6.10 Å². The molecule has 1 saturated carbocycles. The molecule has 0 unspecified atom stereocenters. The summed E-state index contributed by atoms with van der Waals surface area (Å²) in [4.78, 5) is 5.77. The molecule has 1 aliphatic rings. The van der Waals surface area contributed by atoms with E-state index in [1.165, 1.54) is 5.01 Å². The fourth-order valence-electron chi connectivity index (χ4n) is 1.84. The second-order valence-corrected chi connectivity index (χ2v) is 5.96. The van der Waals surface area contributed by atoms with Crippen molar-refractivity contribution in [1.82, 2.24) is 5.01 Å². The largest absolute Gasteiger partial charge is 0.569 e. The Morgan fingerprint density at radius 1 is 1.33 bits per heavy atom. The molecule has 0 atom stereocenters. The summed E-state index contributed by atoms with van der Waals surface area (Å²) in [7, 11) is 1.68. The van der Waals surface area contributed by atoms with Crippen LogP contribution in [0.5, 0.6) is 0 Å². The Morgan fingerprint density at radius 3 is 2.33 bits per heavy atom. The summed E-state index contributed by atoms with van der Waals surface area (Å²) >= 11 is 0. The first-order valence-corrected chi connectivity index (χ1v) is 6.53. The molecule has 0 heterocycles. The van der Waals surface area contributed by atoms with Crippen LogP contribution in [-0.4, -0.2) is 40.4 Å². The molecule has 0 bridgehead atoms. The molecule has 1 aliphatic carbocycles. The Labute approximate surface area is 109 Å². The van der Waals surface area contributed by atoms with Crippen LogP contribution in [0.15, 0.2) is 5.28 Å². The van der Waals surface area contributed by atoms with E-state index in [0.717, 1.165) is 25.7 Å². The minimum atomic E-state index is -0.289. The van der Waals surface area contributed by atoms with Gasteiger partial charge in [-0.25, -0.2) is 0 Å². The molecule has 6 nitrogen and oxygen atoms in total. The Balaban J connectivity index is 2.40. The molecular formula is C12H25N3O3. The number of aliphatic hydroxyl groups is 1. The highest BCUT2D eigenvalue weighted by Crippen LogP contribution is 2.25. The lowest BCUT2D eigenvalue weighted by atomic mass is 9.88. The number of hydrazine groups is 1. The lowest BCUT2D eigenvalue weighted by Crippen LogP contribution is -2.42. The van der Waals surface area contributed by atoms with Crippen molar-refractivity contribution in [1.29, 1.82) is 0 Å². The molecule has 6 heteroatoms. The van der Waals surface area contributed by atoms with Crippen molar-refractivity contribution in [3.05, 3.63) is 5.21 Å². The summed E-state index contributed by atoms with van der Waals surface area (Å²) in [6.07, 6.45) is 3.57. The molecule has 0 aromatic heterocycles. The maximum absolute atomic E-state index is 11.7. The Hall–Kier alpha value is -1.04. The van der Waals surface area contributed by atoms with Crippen LogP contribution in [-0.2, 0) is 4.84 Å². The monoisotopic (exact) mass is 259 g/mol. The number of rotatable bonds is 4. The molecule has 0 aromatic carbocycles. The third-order valence-electron chi connectivity index (χ3n) is 3.55. The summed E-state index contributed by atoms with van der Waals surface area (Å²) in [5.41, 5.74) is -0.289. The Morgan fingerprint density at radius 2 is 1.89 bits per heavy atom. The molecule has 0 radical (unpaired) electrons. The van der Waals surface area contributed by atoms with Crippen LogP contribution in [0, 0.1) is 11.1 Å². The van der Waals surface area contributed by atoms with E-state index in [1.54, 1.807) is 7.05 Å². The van der Waals surface area contributed by atoms with Crippen LogP contribution in [0.4, 0.5) is 0 Å². The number of aliphatic hydroxyl groups excluding tert-OH is 1. The highest BCUT2D eigenvalue weighted by atomic mass is 16.7. The van der Waals surface area contributed by atoms with Gasteiger partial charge in [-0.1, -0.05) is 0 Å². The van der Waals surface area contributed by atoms with E-state index in [9.17, 15) is 5.21 Å².